The summed E-state index contributed by atoms with van der Waals surface area (Å²) in [5.74, 6) is 0.831. The summed E-state index contributed by atoms with van der Waals surface area (Å²) in [7, 11) is 0. The number of benzene rings is 1. The summed E-state index contributed by atoms with van der Waals surface area (Å²) in [5.41, 5.74) is 4.72. The maximum absolute atomic E-state index is 12.6. The van der Waals surface area contributed by atoms with Gasteiger partial charge in [0.15, 0.2) is 5.82 Å². The van der Waals surface area contributed by atoms with Crippen LogP contribution in [0.2, 0.25) is 0 Å². The van der Waals surface area contributed by atoms with E-state index in [1.54, 1.807) is 6.20 Å². The number of fused-ring (bicyclic) bond motifs is 1. The summed E-state index contributed by atoms with van der Waals surface area (Å²) >= 11 is 0. The van der Waals surface area contributed by atoms with E-state index in [0.29, 0.717) is 19.6 Å². The topological polar surface area (TPSA) is 54.5 Å². The predicted octanol–water partition coefficient (Wildman–Crippen LogP) is 2.98. The summed E-state index contributed by atoms with van der Waals surface area (Å²) in [6, 6.07) is 10.3. The normalized spacial score (nSPS) is 16.8. The molecule has 1 aromatic heterocycles. The third-order valence-corrected chi connectivity index (χ3v) is 5.15. The second-order valence-electron chi connectivity index (χ2n) is 7.01. The Bertz CT molecular complexity index is 785. The quantitative estimate of drug-likeness (QED) is 0.920. The van der Waals surface area contributed by atoms with E-state index in [1.165, 1.54) is 30.4 Å². The van der Waals surface area contributed by atoms with Crippen LogP contribution in [-0.2, 0) is 28.8 Å². The zero-order chi connectivity index (χ0) is 17.8. The van der Waals surface area contributed by atoms with Gasteiger partial charge in [0, 0.05) is 19.3 Å². The number of ether oxygens (including phenoxy) is 1. The Morgan fingerprint density at radius 3 is 2.77 bits per heavy atom. The number of carbonyl (C=O) groups is 1. The number of aryl methyl sites for hydroxylation is 2. The molecule has 2 aliphatic rings. The highest BCUT2D eigenvalue weighted by molar-refractivity contribution is 5.95. The fourth-order valence-corrected chi connectivity index (χ4v) is 3.80. The van der Waals surface area contributed by atoms with E-state index in [-0.39, 0.29) is 5.91 Å². The smallest absolute Gasteiger partial charge is 0.228 e. The minimum Gasteiger partial charge on any atom is -0.378 e. The Labute approximate surface area is 154 Å². The molecule has 4 rings (SSSR count). The Morgan fingerprint density at radius 1 is 1.12 bits per heavy atom. The number of pyridine rings is 1. The number of rotatable bonds is 4. The SMILES string of the molecule is O=C(Cc1ccc2c(c1)CCCC2)Nc1cccnc1N1CCOCC1. The molecule has 1 aliphatic heterocycles. The van der Waals surface area contributed by atoms with Crippen LogP contribution in [0.5, 0.6) is 0 Å². The van der Waals surface area contributed by atoms with Crippen LogP contribution in [0.3, 0.4) is 0 Å². The van der Waals surface area contributed by atoms with Crippen LogP contribution in [-0.4, -0.2) is 37.2 Å². The zero-order valence-electron chi connectivity index (χ0n) is 15.0. The van der Waals surface area contributed by atoms with Crippen molar-refractivity contribution in [3.63, 3.8) is 0 Å². The van der Waals surface area contributed by atoms with Crippen molar-refractivity contribution in [3.8, 4) is 0 Å². The first kappa shape index (κ1) is 17.0. The van der Waals surface area contributed by atoms with E-state index in [4.69, 9.17) is 4.74 Å². The molecule has 2 heterocycles. The van der Waals surface area contributed by atoms with Crippen molar-refractivity contribution in [3.05, 3.63) is 53.2 Å². The highest BCUT2D eigenvalue weighted by Crippen LogP contribution is 2.25. The first-order chi connectivity index (χ1) is 12.8. The average Bonchev–Trinajstić information content (AvgIpc) is 2.69. The second kappa shape index (κ2) is 7.87. The maximum atomic E-state index is 12.6. The molecule has 1 N–H and O–H groups in total. The summed E-state index contributed by atoms with van der Waals surface area (Å²) in [5, 5.41) is 3.05. The van der Waals surface area contributed by atoms with Gasteiger partial charge < -0.3 is 15.0 Å². The molecule has 1 saturated heterocycles. The van der Waals surface area contributed by atoms with E-state index >= 15 is 0 Å². The van der Waals surface area contributed by atoms with E-state index in [9.17, 15) is 4.79 Å². The molecule has 1 aliphatic carbocycles. The molecule has 0 spiro atoms. The lowest BCUT2D eigenvalue weighted by Crippen LogP contribution is -2.37. The molecule has 0 saturated carbocycles. The number of morpholine rings is 1. The Hall–Kier alpha value is -2.40. The molecule has 1 fully saturated rings. The minimum atomic E-state index is 0.00303. The standard InChI is InChI=1S/C21H25N3O2/c25-20(15-16-7-8-17-4-1-2-5-18(17)14-16)23-19-6-3-9-22-21(19)24-10-12-26-13-11-24/h3,6-9,14H,1-2,4-5,10-13,15H2,(H,23,25). The minimum absolute atomic E-state index is 0.00303. The van der Waals surface area contributed by atoms with Crippen LogP contribution in [0.1, 0.15) is 29.5 Å². The number of hydrogen-bond acceptors (Lipinski definition) is 4. The lowest BCUT2D eigenvalue weighted by Gasteiger charge is -2.29. The highest BCUT2D eigenvalue weighted by atomic mass is 16.5. The van der Waals surface area contributed by atoms with Crippen LogP contribution in [0.25, 0.3) is 0 Å². The van der Waals surface area contributed by atoms with Gasteiger partial charge in [-0.15, -0.1) is 0 Å². The van der Waals surface area contributed by atoms with Crippen LogP contribution in [0, 0.1) is 0 Å². The molecule has 0 unspecified atom stereocenters. The Kier molecular flexibility index (Phi) is 5.16. The van der Waals surface area contributed by atoms with Crippen LogP contribution in [0.4, 0.5) is 11.5 Å². The van der Waals surface area contributed by atoms with Gasteiger partial charge in [0.05, 0.1) is 25.3 Å². The van der Waals surface area contributed by atoms with Gasteiger partial charge in [0.25, 0.3) is 0 Å². The fourth-order valence-electron chi connectivity index (χ4n) is 3.80. The van der Waals surface area contributed by atoms with Crippen LogP contribution >= 0.6 is 0 Å². The molecule has 2 aromatic rings. The molecular formula is C21H25N3O2. The van der Waals surface area contributed by atoms with Gasteiger partial charge in [-0.2, -0.15) is 0 Å². The largest absolute Gasteiger partial charge is 0.378 e. The predicted molar refractivity (Wildman–Crippen MR) is 103 cm³/mol. The lowest BCUT2D eigenvalue weighted by atomic mass is 9.90. The van der Waals surface area contributed by atoms with Crippen molar-refractivity contribution in [2.24, 2.45) is 0 Å². The Balaban J connectivity index is 1.45. The fraction of sp³-hybridized carbons (Fsp3) is 0.429. The van der Waals surface area contributed by atoms with Gasteiger partial charge in [0.1, 0.15) is 0 Å². The summed E-state index contributed by atoms with van der Waals surface area (Å²) in [6.45, 7) is 2.98. The second-order valence-corrected chi connectivity index (χ2v) is 7.01. The maximum Gasteiger partial charge on any atom is 0.228 e. The van der Waals surface area contributed by atoms with Crippen molar-refractivity contribution in [1.82, 2.24) is 4.98 Å². The van der Waals surface area contributed by atoms with Crippen molar-refractivity contribution in [2.45, 2.75) is 32.1 Å². The number of anilines is 2. The number of aromatic nitrogens is 1. The summed E-state index contributed by atoms with van der Waals surface area (Å²) < 4.78 is 5.41. The number of hydrogen-bond donors (Lipinski definition) is 1. The van der Waals surface area contributed by atoms with Gasteiger partial charge in [-0.25, -0.2) is 4.98 Å². The molecule has 1 amide bonds. The molecule has 136 valence electrons. The molecule has 5 heteroatoms. The lowest BCUT2D eigenvalue weighted by molar-refractivity contribution is -0.115. The van der Waals surface area contributed by atoms with E-state index in [1.807, 2.05) is 12.1 Å². The number of amides is 1. The molecule has 0 radical (unpaired) electrons. The van der Waals surface area contributed by atoms with E-state index < -0.39 is 0 Å². The first-order valence-electron chi connectivity index (χ1n) is 9.48. The van der Waals surface area contributed by atoms with Crippen molar-refractivity contribution in [1.29, 1.82) is 0 Å². The number of nitrogens with zero attached hydrogens (tertiary/aromatic N) is 2. The first-order valence-corrected chi connectivity index (χ1v) is 9.48. The van der Waals surface area contributed by atoms with E-state index in [2.05, 4.69) is 33.4 Å². The van der Waals surface area contributed by atoms with Crippen molar-refractivity contribution >= 4 is 17.4 Å². The van der Waals surface area contributed by atoms with Crippen LogP contribution in [0.15, 0.2) is 36.5 Å². The Morgan fingerprint density at radius 2 is 1.92 bits per heavy atom. The van der Waals surface area contributed by atoms with Gasteiger partial charge in [-0.1, -0.05) is 18.2 Å². The van der Waals surface area contributed by atoms with Gasteiger partial charge in [-0.3, -0.25) is 4.79 Å². The van der Waals surface area contributed by atoms with Gasteiger partial charge >= 0.3 is 0 Å². The van der Waals surface area contributed by atoms with Gasteiger partial charge in [0.2, 0.25) is 5.91 Å². The molecule has 0 bridgehead atoms. The molecule has 1 aromatic carbocycles. The molecule has 26 heavy (non-hydrogen) atoms. The van der Waals surface area contributed by atoms with Crippen molar-refractivity contribution < 1.29 is 9.53 Å². The summed E-state index contributed by atoms with van der Waals surface area (Å²) in [6.07, 6.45) is 6.99. The van der Waals surface area contributed by atoms with Gasteiger partial charge in [-0.05, 0) is 54.5 Å². The van der Waals surface area contributed by atoms with Crippen molar-refractivity contribution in [2.75, 3.05) is 36.5 Å². The summed E-state index contributed by atoms with van der Waals surface area (Å²) in [4.78, 5) is 19.2. The third kappa shape index (κ3) is 3.88. The zero-order valence-corrected chi connectivity index (χ0v) is 15.0. The highest BCUT2D eigenvalue weighted by Gasteiger charge is 2.17. The number of nitrogens with one attached hydrogen (secondary N) is 1. The molecule has 0 atom stereocenters. The third-order valence-electron chi connectivity index (χ3n) is 5.15. The van der Waals surface area contributed by atoms with Crippen LogP contribution < -0.4 is 10.2 Å². The number of carbonyl (C=O) groups excluding carboxylic acids is 1. The molecule has 5 nitrogen and oxygen atoms in total. The average molecular weight is 351 g/mol. The van der Waals surface area contributed by atoms with E-state index in [0.717, 1.165) is 36.6 Å². The monoisotopic (exact) mass is 351 g/mol. The molecular weight excluding hydrogens is 326 g/mol.